The number of carbonyl (C=O) groups is 1. The summed E-state index contributed by atoms with van der Waals surface area (Å²) < 4.78 is 0. The van der Waals surface area contributed by atoms with Gasteiger partial charge < -0.3 is 10.6 Å². The monoisotopic (exact) mass is 276 g/mol. The van der Waals surface area contributed by atoms with Crippen LogP contribution < -0.4 is 5.73 Å². The summed E-state index contributed by atoms with van der Waals surface area (Å²) in [4.78, 5) is 14.8. The fraction of sp³-hybridized carbons (Fsp3) is 0.588. The molecule has 3 nitrogen and oxygen atoms in total. The zero-order valence-electron chi connectivity index (χ0n) is 13.3. The van der Waals surface area contributed by atoms with E-state index in [9.17, 15) is 4.79 Å². The van der Waals surface area contributed by atoms with Gasteiger partial charge in [-0.2, -0.15) is 0 Å². The van der Waals surface area contributed by atoms with Gasteiger partial charge in [0.15, 0.2) is 0 Å². The van der Waals surface area contributed by atoms with Crippen molar-refractivity contribution in [3.63, 3.8) is 0 Å². The van der Waals surface area contributed by atoms with E-state index in [1.807, 2.05) is 24.0 Å². The molecule has 1 aromatic rings. The van der Waals surface area contributed by atoms with Gasteiger partial charge in [-0.3, -0.25) is 4.79 Å². The Hall–Kier alpha value is -1.35. The third-order valence-electron chi connectivity index (χ3n) is 4.49. The zero-order valence-corrected chi connectivity index (χ0v) is 13.3. The molecule has 1 rings (SSSR count). The highest BCUT2D eigenvalue weighted by atomic mass is 16.2. The molecule has 20 heavy (non-hydrogen) atoms. The number of amides is 1. The van der Waals surface area contributed by atoms with Gasteiger partial charge in [0.1, 0.15) is 0 Å². The number of rotatable bonds is 7. The largest absolute Gasteiger partial charge is 0.338 e. The number of nitrogens with two attached hydrogens (primary N) is 1. The van der Waals surface area contributed by atoms with Crippen molar-refractivity contribution in [2.45, 2.75) is 47.1 Å². The first-order valence-electron chi connectivity index (χ1n) is 7.58. The topological polar surface area (TPSA) is 46.3 Å². The Bertz CT molecular complexity index is 430. The van der Waals surface area contributed by atoms with Crippen LogP contribution in [0.15, 0.2) is 24.3 Å². The molecule has 0 spiro atoms. The first kappa shape index (κ1) is 16.7. The van der Waals surface area contributed by atoms with Crippen LogP contribution in [0.3, 0.4) is 0 Å². The molecule has 0 bridgehead atoms. The Morgan fingerprint density at radius 2 is 1.80 bits per heavy atom. The average Bonchev–Trinajstić information content (AvgIpc) is 2.48. The van der Waals surface area contributed by atoms with Crippen LogP contribution in [0.25, 0.3) is 0 Å². The van der Waals surface area contributed by atoms with Gasteiger partial charge in [-0.15, -0.1) is 0 Å². The highest BCUT2D eigenvalue weighted by Crippen LogP contribution is 2.28. The summed E-state index contributed by atoms with van der Waals surface area (Å²) in [6.07, 6.45) is 1.59. The van der Waals surface area contributed by atoms with Gasteiger partial charge in [-0.05, 0) is 37.8 Å². The minimum absolute atomic E-state index is 0.191. The molecule has 0 radical (unpaired) electrons. The Morgan fingerprint density at radius 3 is 2.25 bits per heavy atom. The van der Waals surface area contributed by atoms with Crippen LogP contribution in [0.2, 0.25) is 0 Å². The Balaban J connectivity index is 2.96. The van der Waals surface area contributed by atoms with Crippen molar-refractivity contribution < 1.29 is 4.79 Å². The van der Waals surface area contributed by atoms with Crippen LogP contribution in [0, 0.1) is 12.3 Å². The maximum Gasteiger partial charge on any atom is 0.230 e. The van der Waals surface area contributed by atoms with Crippen LogP contribution in [0.5, 0.6) is 0 Å². The molecule has 0 aromatic heterocycles. The molecule has 0 aliphatic rings. The number of nitrogens with zero attached hydrogens (tertiary/aromatic N) is 1. The smallest absolute Gasteiger partial charge is 0.230 e. The molecular formula is C17H28N2O. The number of benzene rings is 1. The standard InChI is InChI=1S/C17H28N2O/c1-5-17(6-2,13-18)16(20)19(7-3)12-15-11-9-8-10-14(15)4/h8-11H,5-7,12-13,18H2,1-4H3. The zero-order chi connectivity index (χ0) is 15.2. The maximum absolute atomic E-state index is 12.9. The number of carbonyl (C=O) groups excluding carboxylic acids is 1. The maximum atomic E-state index is 12.9. The number of aryl methyl sites for hydroxylation is 1. The van der Waals surface area contributed by atoms with Crippen LogP contribution in [0.1, 0.15) is 44.7 Å². The predicted molar refractivity (Wildman–Crippen MR) is 84.3 cm³/mol. The highest BCUT2D eigenvalue weighted by molar-refractivity contribution is 5.83. The fourth-order valence-corrected chi connectivity index (χ4v) is 2.58. The lowest BCUT2D eigenvalue weighted by atomic mass is 9.81. The van der Waals surface area contributed by atoms with Gasteiger partial charge >= 0.3 is 0 Å². The summed E-state index contributed by atoms with van der Waals surface area (Å²) in [5.74, 6) is 0.191. The minimum atomic E-state index is -0.404. The van der Waals surface area contributed by atoms with Gasteiger partial charge in [-0.25, -0.2) is 0 Å². The molecule has 2 N–H and O–H groups in total. The second-order valence-electron chi connectivity index (χ2n) is 5.44. The summed E-state index contributed by atoms with van der Waals surface area (Å²) in [6.45, 7) is 10.0. The van der Waals surface area contributed by atoms with E-state index in [1.165, 1.54) is 11.1 Å². The fourth-order valence-electron chi connectivity index (χ4n) is 2.58. The van der Waals surface area contributed by atoms with E-state index in [-0.39, 0.29) is 5.91 Å². The molecular weight excluding hydrogens is 248 g/mol. The van der Waals surface area contributed by atoms with Crippen molar-refractivity contribution in [2.75, 3.05) is 13.1 Å². The van der Waals surface area contributed by atoms with E-state index < -0.39 is 5.41 Å². The van der Waals surface area contributed by atoms with Gasteiger partial charge in [0.2, 0.25) is 5.91 Å². The molecule has 0 heterocycles. The summed E-state index contributed by atoms with van der Waals surface area (Å²) in [6, 6.07) is 8.23. The number of hydrogen-bond donors (Lipinski definition) is 1. The first-order chi connectivity index (χ1) is 9.54. The van der Waals surface area contributed by atoms with Crippen LogP contribution in [0.4, 0.5) is 0 Å². The molecule has 0 atom stereocenters. The van der Waals surface area contributed by atoms with Crippen molar-refractivity contribution in [1.82, 2.24) is 4.90 Å². The highest BCUT2D eigenvalue weighted by Gasteiger charge is 2.36. The van der Waals surface area contributed by atoms with Crippen LogP contribution in [-0.4, -0.2) is 23.9 Å². The normalized spacial score (nSPS) is 11.4. The van der Waals surface area contributed by atoms with Crippen molar-refractivity contribution in [2.24, 2.45) is 11.1 Å². The van der Waals surface area contributed by atoms with E-state index in [1.54, 1.807) is 0 Å². The summed E-state index contributed by atoms with van der Waals surface area (Å²) in [5, 5.41) is 0. The quantitative estimate of drug-likeness (QED) is 0.831. The minimum Gasteiger partial charge on any atom is -0.338 e. The molecule has 0 saturated carbocycles. The average molecular weight is 276 g/mol. The van der Waals surface area contributed by atoms with Crippen LogP contribution >= 0.6 is 0 Å². The Morgan fingerprint density at radius 1 is 1.20 bits per heavy atom. The molecule has 112 valence electrons. The molecule has 0 saturated heterocycles. The summed E-state index contributed by atoms with van der Waals surface area (Å²) >= 11 is 0. The van der Waals surface area contributed by atoms with Crippen molar-refractivity contribution in [3.8, 4) is 0 Å². The van der Waals surface area contributed by atoms with E-state index in [0.717, 1.165) is 19.4 Å². The lowest BCUT2D eigenvalue weighted by Crippen LogP contribution is -2.47. The van der Waals surface area contributed by atoms with Gasteiger partial charge in [0.25, 0.3) is 0 Å². The first-order valence-corrected chi connectivity index (χ1v) is 7.58. The van der Waals surface area contributed by atoms with Gasteiger partial charge in [-0.1, -0.05) is 38.1 Å². The molecule has 3 heteroatoms. The molecule has 0 fully saturated rings. The van der Waals surface area contributed by atoms with E-state index >= 15 is 0 Å². The third-order valence-corrected chi connectivity index (χ3v) is 4.49. The molecule has 0 aliphatic heterocycles. The van der Waals surface area contributed by atoms with Crippen molar-refractivity contribution in [1.29, 1.82) is 0 Å². The Kier molecular flexibility index (Phi) is 6.21. The molecule has 0 unspecified atom stereocenters. The SMILES string of the molecule is CCN(Cc1ccccc1C)C(=O)C(CC)(CC)CN. The second kappa shape index (κ2) is 7.44. The second-order valence-corrected chi connectivity index (χ2v) is 5.44. The van der Waals surface area contributed by atoms with Crippen molar-refractivity contribution >= 4 is 5.91 Å². The van der Waals surface area contributed by atoms with Crippen LogP contribution in [-0.2, 0) is 11.3 Å². The van der Waals surface area contributed by atoms with Crippen molar-refractivity contribution in [3.05, 3.63) is 35.4 Å². The van der Waals surface area contributed by atoms with E-state index in [4.69, 9.17) is 5.73 Å². The van der Waals surface area contributed by atoms with E-state index in [2.05, 4.69) is 32.9 Å². The van der Waals surface area contributed by atoms with E-state index in [0.29, 0.717) is 13.1 Å². The summed E-state index contributed by atoms with van der Waals surface area (Å²) in [7, 11) is 0. The number of hydrogen-bond acceptors (Lipinski definition) is 2. The molecule has 1 amide bonds. The van der Waals surface area contributed by atoms with Gasteiger partial charge in [0.05, 0.1) is 5.41 Å². The van der Waals surface area contributed by atoms with Gasteiger partial charge in [0, 0.05) is 19.6 Å². The molecule has 1 aromatic carbocycles. The third kappa shape index (κ3) is 3.40. The lowest BCUT2D eigenvalue weighted by molar-refractivity contribution is -0.142. The lowest BCUT2D eigenvalue weighted by Gasteiger charge is -2.35. The summed E-state index contributed by atoms with van der Waals surface area (Å²) in [5.41, 5.74) is 7.93. The molecule has 0 aliphatic carbocycles. The Labute approximate surface area is 123 Å². The predicted octanol–water partition coefficient (Wildman–Crippen LogP) is 3.11.